The van der Waals surface area contributed by atoms with E-state index in [4.69, 9.17) is 0 Å². The predicted octanol–water partition coefficient (Wildman–Crippen LogP) is 3.33. The fraction of sp³-hybridized carbons (Fsp3) is 0.455. The number of benzene rings is 1. The molecule has 0 radical (unpaired) electrons. The molecule has 1 unspecified atom stereocenters. The molecule has 0 heterocycles. The average molecular weight is 243 g/mol. The van der Waals surface area contributed by atoms with Crippen LogP contribution in [0.15, 0.2) is 28.7 Å². The summed E-state index contributed by atoms with van der Waals surface area (Å²) in [6.07, 6.45) is 2.16. The van der Waals surface area contributed by atoms with Crippen LogP contribution in [0.1, 0.15) is 31.2 Å². The minimum atomic E-state index is 0.240. The van der Waals surface area contributed by atoms with Gasteiger partial charge in [-0.15, -0.1) is 0 Å². The first kappa shape index (κ1) is 10.7. The third-order valence-electron chi connectivity index (χ3n) is 2.18. The second kappa shape index (κ2) is 5.40. The second-order valence-electron chi connectivity index (χ2n) is 3.22. The van der Waals surface area contributed by atoms with E-state index in [0.717, 1.165) is 17.3 Å². The zero-order valence-electron chi connectivity index (χ0n) is 7.83. The molecule has 0 bridgehead atoms. The molecule has 2 heteroatoms. The topological polar surface area (TPSA) is 20.2 Å². The molecule has 0 saturated carbocycles. The van der Waals surface area contributed by atoms with Crippen LogP contribution in [0.5, 0.6) is 0 Å². The van der Waals surface area contributed by atoms with Crippen molar-refractivity contribution in [1.29, 1.82) is 0 Å². The van der Waals surface area contributed by atoms with Crippen LogP contribution in [0, 0.1) is 0 Å². The van der Waals surface area contributed by atoms with Gasteiger partial charge in [-0.3, -0.25) is 0 Å². The van der Waals surface area contributed by atoms with Crippen molar-refractivity contribution < 1.29 is 5.11 Å². The van der Waals surface area contributed by atoms with E-state index in [1.54, 1.807) is 0 Å². The molecular weight excluding hydrogens is 228 g/mol. The standard InChI is InChI=1S/C11H15BrO/c1-2-4-10(8-13)9-5-3-6-11(12)7-9/h3,5-7,10,13H,2,4,8H2,1H3. The van der Waals surface area contributed by atoms with Crippen LogP contribution in [0.4, 0.5) is 0 Å². The molecule has 72 valence electrons. The van der Waals surface area contributed by atoms with Crippen molar-refractivity contribution >= 4 is 15.9 Å². The lowest BCUT2D eigenvalue weighted by Crippen LogP contribution is -2.03. The highest BCUT2D eigenvalue weighted by Crippen LogP contribution is 2.23. The Morgan fingerprint density at radius 1 is 1.46 bits per heavy atom. The Bertz CT molecular complexity index is 260. The Labute approximate surface area is 87.9 Å². The highest BCUT2D eigenvalue weighted by Gasteiger charge is 2.08. The largest absolute Gasteiger partial charge is 0.396 e. The molecule has 0 saturated heterocycles. The molecule has 1 nitrogen and oxygen atoms in total. The molecule has 1 aromatic rings. The normalized spacial score (nSPS) is 12.8. The highest BCUT2D eigenvalue weighted by atomic mass is 79.9. The van der Waals surface area contributed by atoms with Crippen molar-refractivity contribution in [2.24, 2.45) is 0 Å². The smallest absolute Gasteiger partial charge is 0.0499 e. The quantitative estimate of drug-likeness (QED) is 0.859. The van der Waals surface area contributed by atoms with Gasteiger partial charge in [0, 0.05) is 17.0 Å². The Balaban J connectivity index is 2.78. The molecule has 0 spiro atoms. The van der Waals surface area contributed by atoms with E-state index in [9.17, 15) is 5.11 Å². The molecular formula is C11H15BrO. The molecule has 1 atom stereocenters. The van der Waals surface area contributed by atoms with Crippen LogP contribution in [-0.2, 0) is 0 Å². The minimum absolute atomic E-state index is 0.240. The van der Waals surface area contributed by atoms with E-state index >= 15 is 0 Å². The fourth-order valence-corrected chi connectivity index (χ4v) is 1.89. The molecule has 0 aliphatic heterocycles. The average Bonchev–Trinajstić information content (AvgIpc) is 2.14. The van der Waals surface area contributed by atoms with Gasteiger partial charge in [0.15, 0.2) is 0 Å². The van der Waals surface area contributed by atoms with Gasteiger partial charge in [-0.25, -0.2) is 0 Å². The lowest BCUT2D eigenvalue weighted by Gasteiger charge is -2.13. The summed E-state index contributed by atoms with van der Waals surface area (Å²) in [5.41, 5.74) is 1.22. The van der Waals surface area contributed by atoms with Crippen LogP contribution < -0.4 is 0 Å². The first-order valence-corrected chi connectivity index (χ1v) is 5.43. The Morgan fingerprint density at radius 2 is 2.23 bits per heavy atom. The number of hydrogen-bond acceptors (Lipinski definition) is 1. The summed E-state index contributed by atoms with van der Waals surface area (Å²) in [7, 11) is 0. The van der Waals surface area contributed by atoms with Crippen molar-refractivity contribution in [1.82, 2.24) is 0 Å². The van der Waals surface area contributed by atoms with Crippen molar-refractivity contribution in [3.63, 3.8) is 0 Å². The van der Waals surface area contributed by atoms with E-state index in [0.29, 0.717) is 5.92 Å². The first-order chi connectivity index (χ1) is 6.27. The molecule has 0 aromatic heterocycles. The molecule has 0 fully saturated rings. The summed E-state index contributed by atoms with van der Waals surface area (Å²) in [5, 5.41) is 9.19. The third-order valence-corrected chi connectivity index (χ3v) is 2.67. The van der Waals surface area contributed by atoms with E-state index in [2.05, 4.69) is 35.0 Å². The number of hydrogen-bond donors (Lipinski definition) is 1. The number of aliphatic hydroxyl groups excluding tert-OH is 1. The van der Waals surface area contributed by atoms with Gasteiger partial charge < -0.3 is 5.11 Å². The van der Waals surface area contributed by atoms with Crippen molar-refractivity contribution in [2.45, 2.75) is 25.7 Å². The van der Waals surface area contributed by atoms with Crippen LogP contribution >= 0.6 is 15.9 Å². The van der Waals surface area contributed by atoms with Crippen molar-refractivity contribution in [3.8, 4) is 0 Å². The third kappa shape index (κ3) is 3.12. The lowest BCUT2D eigenvalue weighted by atomic mass is 9.96. The van der Waals surface area contributed by atoms with Gasteiger partial charge in [0.05, 0.1) is 0 Å². The maximum Gasteiger partial charge on any atom is 0.0499 e. The van der Waals surface area contributed by atoms with Gasteiger partial charge in [0.1, 0.15) is 0 Å². The van der Waals surface area contributed by atoms with Gasteiger partial charge >= 0.3 is 0 Å². The molecule has 1 aromatic carbocycles. The SMILES string of the molecule is CCCC(CO)c1cccc(Br)c1. The van der Waals surface area contributed by atoms with Crippen LogP contribution in [0.3, 0.4) is 0 Å². The molecule has 13 heavy (non-hydrogen) atoms. The van der Waals surface area contributed by atoms with Crippen molar-refractivity contribution in [3.05, 3.63) is 34.3 Å². The molecule has 1 rings (SSSR count). The zero-order valence-corrected chi connectivity index (χ0v) is 9.42. The molecule has 0 aliphatic rings. The summed E-state index contributed by atoms with van der Waals surface area (Å²) >= 11 is 3.43. The van der Waals surface area contributed by atoms with Gasteiger partial charge in [0.2, 0.25) is 0 Å². The number of rotatable bonds is 4. The molecule has 0 amide bonds. The predicted molar refractivity (Wildman–Crippen MR) is 58.9 cm³/mol. The second-order valence-corrected chi connectivity index (χ2v) is 4.14. The zero-order chi connectivity index (χ0) is 9.68. The van der Waals surface area contributed by atoms with Gasteiger partial charge in [-0.2, -0.15) is 0 Å². The summed E-state index contributed by atoms with van der Waals surface area (Å²) < 4.78 is 1.08. The number of aliphatic hydroxyl groups is 1. The van der Waals surface area contributed by atoms with E-state index in [1.165, 1.54) is 5.56 Å². The van der Waals surface area contributed by atoms with E-state index in [-0.39, 0.29) is 6.61 Å². The van der Waals surface area contributed by atoms with Crippen molar-refractivity contribution in [2.75, 3.05) is 6.61 Å². The summed E-state index contributed by atoms with van der Waals surface area (Å²) in [6, 6.07) is 8.17. The highest BCUT2D eigenvalue weighted by molar-refractivity contribution is 9.10. The number of halogens is 1. The van der Waals surface area contributed by atoms with E-state index in [1.807, 2.05) is 12.1 Å². The van der Waals surface area contributed by atoms with Crippen LogP contribution in [-0.4, -0.2) is 11.7 Å². The lowest BCUT2D eigenvalue weighted by molar-refractivity contribution is 0.258. The molecule has 0 aliphatic carbocycles. The summed E-state index contributed by atoms with van der Waals surface area (Å²) in [4.78, 5) is 0. The van der Waals surface area contributed by atoms with Gasteiger partial charge in [0.25, 0.3) is 0 Å². The van der Waals surface area contributed by atoms with Crippen LogP contribution in [0.25, 0.3) is 0 Å². The summed E-state index contributed by atoms with van der Waals surface area (Å²) in [5.74, 6) is 0.294. The maximum absolute atomic E-state index is 9.19. The maximum atomic E-state index is 9.19. The Hall–Kier alpha value is -0.340. The summed E-state index contributed by atoms with van der Waals surface area (Å²) in [6.45, 7) is 2.38. The van der Waals surface area contributed by atoms with E-state index < -0.39 is 0 Å². The Kier molecular flexibility index (Phi) is 4.46. The van der Waals surface area contributed by atoms with Gasteiger partial charge in [-0.05, 0) is 24.1 Å². The monoisotopic (exact) mass is 242 g/mol. The molecule has 1 N–H and O–H groups in total. The fourth-order valence-electron chi connectivity index (χ4n) is 1.47. The van der Waals surface area contributed by atoms with Gasteiger partial charge in [-0.1, -0.05) is 41.4 Å². The van der Waals surface area contributed by atoms with Crippen LogP contribution in [0.2, 0.25) is 0 Å². The first-order valence-electron chi connectivity index (χ1n) is 4.64. The Morgan fingerprint density at radius 3 is 2.77 bits per heavy atom. The minimum Gasteiger partial charge on any atom is -0.396 e.